The van der Waals surface area contributed by atoms with Crippen molar-refractivity contribution >= 4 is 0 Å². The van der Waals surface area contributed by atoms with Crippen molar-refractivity contribution in [3.05, 3.63) is 37.2 Å². The van der Waals surface area contributed by atoms with Crippen molar-refractivity contribution in [1.29, 1.82) is 0 Å². The van der Waals surface area contributed by atoms with E-state index in [0.29, 0.717) is 6.04 Å². The van der Waals surface area contributed by atoms with Crippen molar-refractivity contribution in [2.24, 2.45) is 0 Å². The predicted molar refractivity (Wildman–Crippen MR) is 64.5 cm³/mol. The Bertz CT molecular complexity index is 433. The highest BCUT2D eigenvalue weighted by Gasteiger charge is 2.23. The minimum atomic E-state index is 0.549. The summed E-state index contributed by atoms with van der Waals surface area (Å²) in [6.45, 7) is 4.38. The van der Waals surface area contributed by atoms with Crippen LogP contribution < -0.4 is 0 Å². The molecule has 1 aliphatic rings. The van der Waals surface area contributed by atoms with Gasteiger partial charge in [-0.3, -0.25) is 9.58 Å². The van der Waals surface area contributed by atoms with E-state index in [1.54, 1.807) is 0 Å². The first-order valence-corrected chi connectivity index (χ1v) is 6.09. The maximum Gasteiger partial charge on any atom is 0.0946 e. The molecule has 0 aromatic carbocycles. The molecule has 1 saturated heterocycles. The van der Waals surface area contributed by atoms with Crippen LogP contribution in [0.2, 0.25) is 0 Å². The molecule has 5 nitrogen and oxygen atoms in total. The van der Waals surface area contributed by atoms with E-state index in [9.17, 15) is 0 Å². The number of hydrogen-bond donors (Lipinski definition) is 0. The van der Waals surface area contributed by atoms with E-state index in [0.717, 1.165) is 19.6 Å². The quantitative estimate of drug-likeness (QED) is 0.789. The third-order valence-corrected chi connectivity index (χ3v) is 3.38. The summed E-state index contributed by atoms with van der Waals surface area (Å²) in [5, 5.41) is 4.32. The monoisotopic (exact) mass is 231 g/mol. The van der Waals surface area contributed by atoms with E-state index in [-0.39, 0.29) is 0 Å². The molecular weight excluding hydrogens is 214 g/mol. The molecule has 0 radical (unpaired) electrons. The first-order chi connectivity index (χ1) is 8.42. The van der Waals surface area contributed by atoms with Crippen LogP contribution in [0.4, 0.5) is 0 Å². The van der Waals surface area contributed by atoms with Gasteiger partial charge in [0.1, 0.15) is 0 Å². The van der Waals surface area contributed by atoms with Gasteiger partial charge in [-0.05, 0) is 12.5 Å². The lowest BCUT2D eigenvalue weighted by atomic mass is 10.3. The third kappa shape index (κ3) is 2.39. The van der Waals surface area contributed by atoms with Crippen molar-refractivity contribution in [3.8, 4) is 0 Å². The van der Waals surface area contributed by atoms with Crippen LogP contribution >= 0.6 is 0 Å². The number of aromatic nitrogens is 4. The predicted octanol–water partition coefficient (Wildman–Crippen LogP) is 1.03. The fourth-order valence-electron chi connectivity index (χ4n) is 2.40. The molecule has 3 heterocycles. The van der Waals surface area contributed by atoms with Crippen molar-refractivity contribution < 1.29 is 0 Å². The van der Waals surface area contributed by atoms with Crippen LogP contribution in [0.5, 0.6) is 0 Å². The van der Waals surface area contributed by atoms with Crippen molar-refractivity contribution in [2.75, 3.05) is 19.6 Å². The Hall–Kier alpha value is -1.62. The maximum atomic E-state index is 4.32. The minimum Gasteiger partial charge on any atom is -0.336 e. The van der Waals surface area contributed by atoms with Crippen LogP contribution in [-0.4, -0.2) is 43.9 Å². The van der Waals surface area contributed by atoms with Gasteiger partial charge in [0, 0.05) is 51.0 Å². The van der Waals surface area contributed by atoms with E-state index in [2.05, 4.69) is 30.4 Å². The van der Waals surface area contributed by atoms with Crippen LogP contribution in [-0.2, 0) is 6.54 Å². The van der Waals surface area contributed by atoms with Gasteiger partial charge in [-0.1, -0.05) is 0 Å². The molecule has 0 spiro atoms. The number of imidazole rings is 1. The lowest BCUT2D eigenvalue weighted by Gasteiger charge is -2.16. The Kier molecular flexibility index (Phi) is 2.92. The Morgan fingerprint density at radius 1 is 1.18 bits per heavy atom. The molecule has 2 aromatic heterocycles. The van der Waals surface area contributed by atoms with Crippen LogP contribution in [0.3, 0.4) is 0 Å². The summed E-state index contributed by atoms with van der Waals surface area (Å²) in [5.74, 6) is 0. The smallest absolute Gasteiger partial charge is 0.0946 e. The molecule has 0 bridgehead atoms. The second kappa shape index (κ2) is 4.71. The Morgan fingerprint density at radius 3 is 2.94 bits per heavy atom. The van der Waals surface area contributed by atoms with Gasteiger partial charge in [-0.15, -0.1) is 0 Å². The molecular formula is C12H17N5. The molecule has 1 fully saturated rings. The largest absolute Gasteiger partial charge is 0.336 e. The van der Waals surface area contributed by atoms with Crippen LogP contribution in [0, 0.1) is 0 Å². The Balaban J connectivity index is 1.51. The maximum absolute atomic E-state index is 4.32. The number of nitrogens with zero attached hydrogens (tertiary/aromatic N) is 5. The summed E-state index contributed by atoms with van der Waals surface area (Å²) in [6.07, 6.45) is 10.8. The highest BCUT2D eigenvalue weighted by molar-refractivity contribution is 4.86. The normalized spacial score (nSPS) is 21.1. The second-order valence-corrected chi connectivity index (χ2v) is 4.53. The van der Waals surface area contributed by atoms with Crippen molar-refractivity contribution in [1.82, 2.24) is 24.2 Å². The van der Waals surface area contributed by atoms with Crippen molar-refractivity contribution in [2.45, 2.75) is 19.0 Å². The number of rotatable bonds is 4. The highest BCUT2D eigenvalue weighted by Crippen LogP contribution is 2.20. The second-order valence-electron chi connectivity index (χ2n) is 4.53. The lowest BCUT2D eigenvalue weighted by Crippen LogP contribution is -2.25. The minimum absolute atomic E-state index is 0.549. The zero-order valence-electron chi connectivity index (χ0n) is 9.81. The highest BCUT2D eigenvalue weighted by atomic mass is 15.3. The first kappa shape index (κ1) is 10.5. The average Bonchev–Trinajstić information content (AvgIpc) is 3.09. The molecule has 0 aliphatic carbocycles. The third-order valence-electron chi connectivity index (χ3n) is 3.38. The molecule has 1 unspecified atom stereocenters. The molecule has 90 valence electrons. The summed E-state index contributed by atoms with van der Waals surface area (Å²) in [4.78, 5) is 6.55. The molecule has 5 heteroatoms. The molecule has 1 atom stereocenters. The Labute approximate surface area is 101 Å². The summed E-state index contributed by atoms with van der Waals surface area (Å²) >= 11 is 0. The zero-order valence-corrected chi connectivity index (χ0v) is 9.81. The van der Waals surface area contributed by atoms with E-state index in [4.69, 9.17) is 0 Å². The molecule has 0 saturated carbocycles. The van der Waals surface area contributed by atoms with Gasteiger partial charge < -0.3 is 4.57 Å². The number of likely N-dealkylation sites (tertiary alicyclic amines) is 1. The molecule has 0 amide bonds. The van der Waals surface area contributed by atoms with Gasteiger partial charge in [0.05, 0.1) is 12.4 Å². The molecule has 2 aromatic rings. The molecule has 0 N–H and O–H groups in total. The van der Waals surface area contributed by atoms with E-state index >= 15 is 0 Å². The number of hydrogen-bond acceptors (Lipinski definition) is 3. The summed E-state index contributed by atoms with van der Waals surface area (Å²) in [5.41, 5.74) is 0. The zero-order chi connectivity index (χ0) is 11.5. The van der Waals surface area contributed by atoms with Crippen LogP contribution in [0.15, 0.2) is 37.2 Å². The fourth-order valence-corrected chi connectivity index (χ4v) is 2.40. The van der Waals surface area contributed by atoms with E-state index in [1.807, 2.05) is 31.0 Å². The van der Waals surface area contributed by atoms with Gasteiger partial charge in [0.2, 0.25) is 0 Å². The molecule has 3 rings (SSSR count). The SMILES string of the molecule is c1cnn(C2CCN(CCn3ccnc3)C2)c1. The topological polar surface area (TPSA) is 38.9 Å². The average molecular weight is 231 g/mol. The van der Waals surface area contributed by atoms with Gasteiger partial charge >= 0.3 is 0 Å². The molecule has 17 heavy (non-hydrogen) atoms. The lowest BCUT2D eigenvalue weighted by molar-refractivity contribution is 0.305. The van der Waals surface area contributed by atoms with Gasteiger partial charge in [-0.2, -0.15) is 5.10 Å². The standard InChI is InChI=1S/C12H17N5/c1-3-14-17(5-1)12-2-6-15(10-12)8-9-16-7-4-13-11-16/h1,3-5,7,11-12H,2,6,8-10H2. The Morgan fingerprint density at radius 2 is 2.18 bits per heavy atom. The van der Waals surface area contributed by atoms with Crippen LogP contribution in [0.25, 0.3) is 0 Å². The fraction of sp³-hybridized carbons (Fsp3) is 0.500. The summed E-state index contributed by atoms with van der Waals surface area (Å²) in [6, 6.07) is 2.54. The van der Waals surface area contributed by atoms with Gasteiger partial charge in [0.25, 0.3) is 0 Å². The van der Waals surface area contributed by atoms with E-state index in [1.165, 1.54) is 13.0 Å². The molecule has 1 aliphatic heterocycles. The summed E-state index contributed by atoms with van der Waals surface area (Å²) < 4.78 is 4.21. The summed E-state index contributed by atoms with van der Waals surface area (Å²) in [7, 11) is 0. The first-order valence-electron chi connectivity index (χ1n) is 6.09. The van der Waals surface area contributed by atoms with Crippen molar-refractivity contribution in [3.63, 3.8) is 0 Å². The van der Waals surface area contributed by atoms with Gasteiger partial charge in [0.15, 0.2) is 0 Å². The van der Waals surface area contributed by atoms with Gasteiger partial charge in [-0.25, -0.2) is 4.98 Å². The van der Waals surface area contributed by atoms with E-state index < -0.39 is 0 Å². The van der Waals surface area contributed by atoms with Crippen LogP contribution in [0.1, 0.15) is 12.5 Å².